The molecule has 0 fully saturated rings. The molecule has 0 unspecified atom stereocenters. The summed E-state index contributed by atoms with van der Waals surface area (Å²) >= 11 is 6.67. The van der Waals surface area contributed by atoms with Crippen LogP contribution in [0.2, 0.25) is 0 Å². The number of nitrogens with one attached hydrogen (secondary N) is 1. The third-order valence-corrected chi connectivity index (χ3v) is 4.58. The summed E-state index contributed by atoms with van der Waals surface area (Å²) in [6.45, 7) is -0.278. The molecular weight excluding hydrogens is 494 g/mol. The highest BCUT2D eigenvalue weighted by atomic mass is 79.9. The number of methoxy groups -OCH3 is 1. The maximum atomic E-state index is 12.4. The molecule has 0 saturated heterocycles. The molecule has 2 rings (SSSR count). The smallest absolute Gasteiger partial charge is 0.266 e. The lowest BCUT2D eigenvalue weighted by Crippen LogP contribution is -2.20. The number of nitriles is 1. The highest BCUT2D eigenvalue weighted by Crippen LogP contribution is 2.35. The standard InChI is InChI=1S/C19H15Br2N3O4/c1-27-14-4-2-13(3-5-14)24-19(26)12(9-22)6-11-7-15(20)18(16(21)8-11)28-10-17(23)25/h2-8H,10H2,1H3,(H2,23,25)(H,24,26)/b12-6+. The lowest BCUT2D eigenvalue weighted by Gasteiger charge is -2.10. The van der Waals surface area contributed by atoms with Crippen molar-refractivity contribution in [2.24, 2.45) is 5.73 Å². The van der Waals surface area contributed by atoms with Crippen LogP contribution in [0.4, 0.5) is 5.69 Å². The normalized spacial score (nSPS) is 10.7. The Balaban J connectivity index is 2.21. The zero-order chi connectivity index (χ0) is 20.7. The Bertz CT molecular complexity index is 943. The minimum absolute atomic E-state index is 0.0829. The SMILES string of the molecule is COc1ccc(NC(=O)/C(C#N)=C/c2cc(Br)c(OCC(N)=O)c(Br)c2)cc1. The summed E-state index contributed by atoms with van der Waals surface area (Å²) in [6, 6.07) is 11.9. The molecule has 0 aliphatic carbocycles. The summed E-state index contributed by atoms with van der Waals surface area (Å²) in [5.41, 5.74) is 6.10. The fourth-order valence-electron chi connectivity index (χ4n) is 2.13. The van der Waals surface area contributed by atoms with Crippen molar-refractivity contribution in [2.75, 3.05) is 19.0 Å². The van der Waals surface area contributed by atoms with E-state index in [9.17, 15) is 14.9 Å². The largest absolute Gasteiger partial charge is 0.497 e. The van der Waals surface area contributed by atoms with Gasteiger partial charge in [0.1, 0.15) is 23.1 Å². The Hall–Kier alpha value is -2.83. The Morgan fingerprint density at radius 3 is 2.32 bits per heavy atom. The number of hydrogen-bond donors (Lipinski definition) is 2. The van der Waals surface area contributed by atoms with Crippen molar-refractivity contribution >= 4 is 55.4 Å². The Kier molecular flexibility index (Phi) is 7.61. The minimum atomic E-state index is -0.607. The first-order valence-electron chi connectivity index (χ1n) is 7.81. The van der Waals surface area contributed by atoms with Crippen LogP contribution in [0.25, 0.3) is 6.08 Å². The number of nitrogens with zero attached hydrogens (tertiary/aromatic N) is 1. The molecule has 0 saturated carbocycles. The van der Waals surface area contributed by atoms with E-state index < -0.39 is 11.8 Å². The first kappa shape index (κ1) is 21.5. The van der Waals surface area contributed by atoms with Gasteiger partial charge in [0.15, 0.2) is 6.61 Å². The van der Waals surface area contributed by atoms with Crippen LogP contribution in [0.1, 0.15) is 5.56 Å². The van der Waals surface area contributed by atoms with Gasteiger partial charge in [-0.2, -0.15) is 5.26 Å². The highest BCUT2D eigenvalue weighted by Gasteiger charge is 2.13. The van der Waals surface area contributed by atoms with E-state index in [1.54, 1.807) is 43.5 Å². The number of ether oxygens (including phenoxy) is 2. The van der Waals surface area contributed by atoms with Crippen molar-refractivity contribution in [2.45, 2.75) is 0 Å². The summed E-state index contributed by atoms with van der Waals surface area (Å²) in [4.78, 5) is 23.3. The molecule has 0 aromatic heterocycles. The summed E-state index contributed by atoms with van der Waals surface area (Å²) in [5.74, 6) is -0.113. The number of rotatable bonds is 7. The molecule has 7 nitrogen and oxygen atoms in total. The van der Waals surface area contributed by atoms with Gasteiger partial charge in [-0.15, -0.1) is 0 Å². The first-order chi connectivity index (χ1) is 13.3. The molecule has 3 N–H and O–H groups in total. The third kappa shape index (κ3) is 5.84. The van der Waals surface area contributed by atoms with Crippen molar-refractivity contribution in [3.63, 3.8) is 0 Å². The van der Waals surface area contributed by atoms with E-state index in [1.165, 1.54) is 6.08 Å². The van der Waals surface area contributed by atoms with Crippen LogP contribution in [0.15, 0.2) is 50.9 Å². The number of benzene rings is 2. The molecule has 28 heavy (non-hydrogen) atoms. The number of hydrogen-bond acceptors (Lipinski definition) is 5. The number of nitrogens with two attached hydrogens (primary N) is 1. The van der Waals surface area contributed by atoms with Crippen LogP contribution in [-0.2, 0) is 9.59 Å². The zero-order valence-electron chi connectivity index (χ0n) is 14.7. The highest BCUT2D eigenvalue weighted by molar-refractivity contribution is 9.11. The van der Waals surface area contributed by atoms with Gasteiger partial charge >= 0.3 is 0 Å². The van der Waals surface area contributed by atoms with E-state index >= 15 is 0 Å². The van der Waals surface area contributed by atoms with E-state index in [0.717, 1.165) is 0 Å². The molecule has 0 bridgehead atoms. The number of halogens is 2. The Labute approximate surface area is 178 Å². The number of primary amides is 1. The molecule has 0 atom stereocenters. The third-order valence-electron chi connectivity index (χ3n) is 3.40. The van der Waals surface area contributed by atoms with Crippen molar-refractivity contribution in [3.05, 3.63) is 56.5 Å². The average molecular weight is 509 g/mol. The van der Waals surface area contributed by atoms with E-state index in [0.29, 0.717) is 31.7 Å². The van der Waals surface area contributed by atoms with Crippen molar-refractivity contribution < 1.29 is 19.1 Å². The van der Waals surface area contributed by atoms with Gasteiger partial charge in [0.25, 0.3) is 11.8 Å². The summed E-state index contributed by atoms with van der Waals surface area (Å²) in [7, 11) is 1.55. The van der Waals surface area contributed by atoms with Crippen LogP contribution in [0, 0.1) is 11.3 Å². The molecular formula is C19H15Br2N3O4. The Morgan fingerprint density at radius 1 is 1.21 bits per heavy atom. The van der Waals surface area contributed by atoms with Gasteiger partial charge in [-0.3, -0.25) is 9.59 Å². The van der Waals surface area contributed by atoms with Crippen molar-refractivity contribution in [1.82, 2.24) is 0 Å². The molecule has 0 heterocycles. The van der Waals surface area contributed by atoms with E-state index in [1.807, 2.05) is 6.07 Å². The quantitative estimate of drug-likeness (QED) is 0.437. The molecule has 0 spiro atoms. The summed E-state index contributed by atoms with van der Waals surface area (Å²) in [6.07, 6.45) is 1.44. The van der Waals surface area contributed by atoms with Gasteiger partial charge in [0.2, 0.25) is 0 Å². The van der Waals surface area contributed by atoms with Crippen molar-refractivity contribution in [1.29, 1.82) is 5.26 Å². The predicted octanol–water partition coefficient (Wildman–Crippen LogP) is 3.63. The second kappa shape index (κ2) is 9.92. The Morgan fingerprint density at radius 2 is 1.82 bits per heavy atom. The van der Waals surface area contributed by atoms with Crippen LogP contribution in [-0.4, -0.2) is 25.5 Å². The maximum Gasteiger partial charge on any atom is 0.266 e. The second-order valence-corrected chi connectivity index (χ2v) is 7.13. The monoisotopic (exact) mass is 507 g/mol. The van der Waals surface area contributed by atoms with Gasteiger partial charge in [-0.1, -0.05) is 0 Å². The second-order valence-electron chi connectivity index (χ2n) is 5.42. The number of anilines is 1. The first-order valence-corrected chi connectivity index (χ1v) is 9.40. The lowest BCUT2D eigenvalue weighted by molar-refractivity contribution is -0.120. The maximum absolute atomic E-state index is 12.4. The molecule has 0 radical (unpaired) electrons. The van der Waals surface area contributed by atoms with Gasteiger partial charge < -0.3 is 20.5 Å². The molecule has 2 aromatic rings. The fraction of sp³-hybridized carbons (Fsp3) is 0.105. The molecule has 0 aliphatic heterocycles. The van der Waals surface area contributed by atoms with E-state index in [-0.39, 0.29) is 12.2 Å². The topological polar surface area (TPSA) is 114 Å². The van der Waals surface area contributed by atoms with Crippen LogP contribution in [0.5, 0.6) is 11.5 Å². The molecule has 2 aromatic carbocycles. The van der Waals surface area contributed by atoms with Crippen LogP contribution in [0.3, 0.4) is 0 Å². The summed E-state index contributed by atoms with van der Waals surface area (Å²) in [5, 5.41) is 12.0. The van der Waals surface area contributed by atoms with Gasteiger partial charge in [-0.05, 0) is 79.9 Å². The predicted molar refractivity (Wildman–Crippen MR) is 112 cm³/mol. The molecule has 144 valence electrons. The van der Waals surface area contributed by atoms with Crippen LogP contribution >= 0.6 is 31.9 Å². The fourth-order valence-corrected chi connectivity index (χ4v) is 3.58. The van der Waals surface area contributed by atoms with E-state index in [4.69, 9.17) is 15.2 Å². The van der Waals surface area contributed by atoms with Crippen LogP contribution < -0.4 is 20.5 Å². The zero-order valence-corrected chi connectivity index (χ0v) is 17.8. The number of amides is 2. The number of carbonyl (C=O) groups excluding carboxylic acids is 2. The van der Waals surface area contributed by atoms with E-state index in [2.05, 4.69) is 37.2 Å². The van der Waals surface area contributed by atoms with Gasteiger partial charge in [0.05, 0.1) is 16.1 Å². The van der Waals surface area contributed by atoms with Crippen molar-refractivity contribution in [3.8, 4) is 17.6 Å². The molecule has 0 aliphatic rings. The lowest BCUT2D eigenvalue weighted by atomic mass is 10.1. The average Bonchev–Trinajstić information content (AvgIpc) is 2.65. The minimum Gasteiger partial charge on any atom is -0.497 e. The van der Waals surface area contributed by atoms with Gasteiger partial charge in [0, 0.05) is 5.69 Å². The van der Waals surface area contributed by atoms with Gasteiger partial charge in [-0.25, -0.2) is 0 Å². The summed E-state index contributed by atoms with van der Waals surface area (Å²) < 4.78 is 11.4. The number of carbonyl (C=O) groups is 2. The molecule has 2 amide bonds. The molecule has 9 heteroatoms.